The maximum absolute atomic E-state index is 13.3. The standard InChI is InChI=1S/C16H23ClFNO/c1-2-9-19-16(8-6-13-4-3-10-20-13)12-5-7-15(18)14(17)11-12/h5,7,11,13,16,19H,2-4,6,8-10H2,1H3. The lowest BCUT2D eigenvalue weighted by Crippen LogP contribution is -2.23. The van der Waals surface area contributed by atoms with Gasteiger partial charge in [-0.2, -0.15) is 0 Å². The number of hydrogen-bond donors (Lipinski definition) is 1. The highest BCUT2D eigenvalue weighted by molar-refractivity contribution is 6.30. The Bertz CT molecular complexity index is 421. The van der Waals surface area contributed by atoms with Crippen LogP contribution in [0.1, 0.15) is 50.6 Å². The minimum Gasteiger partial charge on any atom is -0.378 e. The van der Waals surface area contributed by atoms with E-state index >= 15 is 0 Å². The highest BCUT2D eigenvalue weighted by Crippen LogP contribution is 2.26. The van der Waals surface area contributed by atoms with E-state index in [-0.39, 0.29) is 16.9 Å². The van der Waals surface area contributed by atoms with Crippen LogP contribution in [0.5, 0.6) is 0 Å². The minimum atomic E-state index is -0.358. The summed E-state index contributed by atoms with van der Waals surface area (Å²) in [5, 5.41) is 3.72. The molecule has 1 saturated heterocycles. The molecule has 1 aromatic carbocycles. The molecule has 0 aromatic heterocycles. The van der Waals surface area contributed by atoms with Crippen molar-refractivity contribution in [3.8, 4) is 0 Å². The lowest BCUT2D eigenvalue weighted by atomic mass is 9.99. The Morgan fingerprint density at radius 1 is 1.50 bits per heavy atom. The van der Waals surface area contributed by atoms with Crippen LogP contribution in [-0.4, -0.2) is 19.3 Å². The van der Waals surface area contributed by atoms with Crippen LogP contribution in [0.25, 0.3) is 0 Å². The SMILES string of the molecule is CCCNC(CCC1CCCO1)c1ccc(F)c(Cl)c1. The number of benzene rings is 1. The Kier molecular flexibility index (Phi) is 6.27. The molecule has 0 spiro atoms. The van der Waals surface area contributed by atoms with E-state index in [4.69, 9.17) is 16.3 Å². The molecular weight excluding hydrogens is 277 g/mol. The molecule has 1 heterocycles. The van der Waals surface area contributed by atoms with Crippen LogP contribution in [0, 0.1) is 5.82 Å². The van der Waals surface area contributed by atoms with Crippen molar-refractivity contribution in [1.29, 1.82) is 0 Å². The second-order valence-electron chi connectivity index (χ2n) is 5.39. The van der Waals surface area contributed by atoms with Crippen LogP contribution in [0.3, 0.4) is 0 Å². The third kappa shape index (κ3) is 4.44. The summed E-state index contributed by atoms with van der Waals surface area (Å²) in [5.41, 5.74) is 1.06. The summed E-state index contributed by atoms with van der Waals surface area (Å²) in [7, 11) is 0. The van der Waals surface area contributed by atoms with Crippen LogP contribution in [0.2, 0.25) is 5.02 Å². The van der Waals surface area contributed by atoms with Gasteiger partial charge in [0.25, 0.3) is 0 Å². The quantitative estimate of drug-likeness (QED) is 0.801. The summed E-state index contributed by atoms with van der Waals surface area (Å²) in [5.74, 6) is -0.358. The van der Waals surface area contributed by atoms with Crippen molar-refractivity contribution in [3.05, 3.63) is 34.6 Å². The zero-order chi connectivity index (χ0) is 14.4. The smallest absolute Gasteiger partial charge is 0.141 e. The lowest BCUT2D eigenvalue weighted by Gasteiger charge is -2.21. The van der Waals surface area contributed by atoms with Crippen molar-refractivity contribution in [3.63, 3.8) is 0 Å². The fourth-order valence-corrected chi connectivity index (χ4v) is 2.85. The van der Waals surface area contributed by atoms with E-state index in [9.17, 15) is 4.39 Å². The fraction of sp³-hybridized carbons (Fsp3) is 0.625. The van der Waals surface area contributed by atoms with Gasteiger partial charge in [0.2, 0.25) is 0 Å². The normalized spacial score (nSPS) is 20.2. The van der Waals surface area contributed by atoms with Crippen molar-refractivity contribution in [2.24, 2.45) is 0 Å². The molecule has 0 aliphatic carbocycles. The van der Waals surface area contributed by atoms with Gasteiger partial charge in [0.15, 0.2) is 0 Å². The van der Waals surface area contributed by atoms with Crippen molar-refractivity contribution < 1.29 is 9.13 Å². The molecule has 0 bridgehead atoms. The second kappa shape index (κ2) is 7.96. The molecule has 1 N–H and O–H groups in total. The Balaban J connectivity index is 1.99. The van der Waals surface area contributed by atoms with Crippen molar-refractivity contribution >= 4 is 11.6 Å². The van der Waals surface area contributed by atoms with Crippen LogP contribution in [-0.2, 0) is 4.74 Å². The summed E-state index contributed by atoms with van der Waals surface area (Å²) in [6.45, 7) is 3.98. The van der Waals surface area contributed by atoms with E-state index in [1.54, 1.807) is 6.07 Å². The maximum Gasteiger partial charge on any atom is 0.141 e. The number of hydrogen-bond acceptors (Lipinski definition) is 2. The number of ether oxygens (including phenoxy) is 1. The molecule has 112 valence electrons. The average molecular weight is 300 g/mol. The molecule has 0 amide bonds. The van der Waals surface area contributed by atoms with Gasteiger partial charge in [0, 0.05) is 12.6 Å². The third-order valence-electron chi connectivity index (χ3n) is 3.79. The van der Waals surface area contributed by atoms with E-state index in [1.165, 1.54) is 12.5 Å². The summed E-state index contributed by atoms with van der Waals surface area (Å²) < 4.78 is 18.9. The van der Waals surface area contributed by atoms with Crippen molar-refractivity contribution in [1.82, 2.24) is 5.32 Å². The van der Waals surface area contributed by atoms with E-state index in [0.29, 0.717) is 6.10 Å². The third-order valence-corrected chi connectivity index (χ3v) is 4.08. The molecule has 1 aliphatic heterocycles. The summed E-state index contributed by atoms with van der Waals surface area (Å²) >= 11 is 5.89. The molecule has 2 rings (SSSR count). The highest BCUT2D eigenvalue weighted by atomic mass is 35.5. The van der Waals surface area contributed by atoms with Gasteiger partial charge in [-0.1, -0.05) is 24.6 Å². The van der Waals surface area contributed by atoms with Crippen LogP contribution in [0.4, 0.5) is 4.39 Å². The van der Waals surface area contributed by atoms with Gasteiger partial charge in [-0.15, -0.1) is 0 Å². The molecule has 1 aliphatic rings. The van der Waals surface area contributed by atoms with Gasteiger partial charge in [0.1, 0.15) is 5.82 Å². The van der Waals surface area contributed by atoms with Gasteiger partial charge in [-0.3, -0.25) is 0 Å². The minimum absolute atomic E-state index is 0.197. The molecule has 1 fully saturated rings. The van der Waals surface area contributed by atoms with E-state index in [1.807, 2.05) is 6.07 Å². The summed E-state index contributed by atoms with van der Waals surface area (Å²) in [4.78, 5) is 0. The first-order valence-electron chi connectivity index (χ1n) is 7.50. The Morgan fingerprint density at radius 3 is 3.00 bits per heavy atom. The van der Waals surface area contributed by atoms with E-state index < -0.39 is 0 Å². The number of halogens is 2. The highest BCUT2D eigenvalue weighted by Gasteiger charge is 2.19. The van der Waals surface area contributed by atoms with Crippen LogP contribution in [0.15, 0.2) is 18.2 Å². The topological polar surface area (TPSA) is 21.3 Å². The maximum atomic E-state index is 13.3. The Hall–Kier alpha value is -0.640. The molecule has 4 heteroatoms. The predicted octanol–water partition coefficient (Wildman–Crippen LogP) is 4.48. The molecule has 20 heavy (non-hydrogen) atoms. The average Bonchev–Trinajstić information content (AvgIpc) is 2.95. The number of rotatable bonds is 7. The molecule has 0 saturated carbocycles. The molecular formula is C16H23ClFNO. The first-order chi connectivity index (χ1) is 9.70. The fourth-order valence-electron chi connectivity index (χ4n) is 2.66. The molecule has 2 unspecified atom stereocenters. The number of nitrogens with one attached hydrogen (secondary N) is 1. The van der Waals surface area contributed by atoms with Gasteiger partial charge < -0.3 is 10.1 Å². The Morgan fingerprint density at radius 2 is 2.35 bits per heavy atom. The zero-order valence-corrected chi connectivity index (χ0v) is 12.8. The van der Waals surface area contributed by atoms with Crippen molar-refractivity contribution in [2.45, 2.75) is 51.2 Å². The zero-order valence-electron chi connectivity index (χ0n) is 12.0. The van der Waals surface area contributed by atoms with Crippen LogP contribution < -0.4 is 5.32 Å². The summed E-state index contributed by atoms with van der Waals surface area (Å²) in [6, 6.07) is 5.23. The first-order valence-corrected chi connectivity index (χ1v) is 7.88. The lowest BCUT2D eigenvalue weighted by molar-refractivity contribution is 0.0996. The molecule has 1 aromatic rings. The van der Waals surface area contributed by atoms with Crippen LogP contribution >= 0.6 is 11.6 Å². The monoisotopic (exact) mass is 299 g/mol. The van der Waals surface area contributed by atoms with Gasteiger partial charge >= 0.3 is 0 Å². The largest absolute Gasteiger partial charge is 0.378 e. The van der Waals surface area contributed by atoms with Gasteiger partial charge in [-0.05, 0) is 56.3 Å². The van der Waals surface area contributed by atoms with Gasteiger partial charge in [0.05, 0.1) is 11.1 Å². The molecule has 0 radical (unpaired) electrons. The van der Waals surface area contributed by atoms with Gasteiger partial charge in [-0.25, -0.2) is 4.39 Å². The molecule has 2 atom stereocenters. The first kappa shape index (κ1) is 15.7. The second-order valence-corrected chi connectivity index (χ2v) is 5.80. The summed E-state index contributed by atoms with van der Waals surface area (Å²) in [6.07, 6.45) is 5.82. The van der Waals surface area contributed by atoms with E-state index in [2.05, 4.69) is 12.2 Å². The Labute approximate surface area is 125 Å². The van der Waals surface area contributed by atoms with Crippen molar-refractivity contribution in [2.75, 3.05) is 13.2 Å². The van der Waals surface area contributed by atoms with E-state index in [0.717, 1.165) is 44.4 Å². The predicted molar refractivity (Wildman–Crippen MR) is 80.7 cm³/mol. The molecule has 2 nitrogen and oxygen atoms in total.